The molecule has 0 spiro atoms. The van der Waals surface area contributed by atoms with Crippen molar-refractivity contribution in [3.05, 3.63) is 199 Å². The van der Waals surface area contributed by atoms with Crippen LogP contribution in [-0.4, -0.2) is 16.2 Å². The Kier molecular flexibility index (Phi) is 6.89. The summed E-state index contributed by atoms with van der Waals surface area (Å²) in [7, 11) is 0. The quantitative estimate of drug-likeness (QED) is 0.192. The summed E-state index contributed by atoms with van der Waals surface area (Å²) in [5, 5.41) is 10.2. The molecule has 1 aliphatic rings. The van der Waals surface area contributed by atoms with E-state index in [1.807, 2.05) is 48.5 Å². The summed E-state index contributed by atoms with van der Waals surface area (Å²) >= 11 is 0. The van der Waals surface area contributed by atoms with E-state index in [2.05, 4.69) is 143 Å². The molecule has 57 heavy (non-hydrogen) atoms. The lowest BCUT2D eigenvalue weighted by molar-refractivity contribution is 0.666. The van der Waals surface area contributed by atoms with Crippen molar-refractivity contribution in [1.29, 1.82) is 0 Å². The first kappa shape index (κ1) is 31.6. The highest BCUT2D eigenvalue weighted by atomic mass is 16.3. The second-order valence-electron chi connectivity index (χ2n) is 14.6. The largest absolute Gasteiger partial charge is 0.456 e. The van der Waals surface area contributed by atoms with Gasteiger partial charge >= 0.3 is 0 Å². The fraction of sp³-hybridized carbons (Fsp3) is 0.0196. The average molecular weight is 733 g/mol. The Morgan fingerprint density at radius 3 is 1.81 bits per heavy atom. The minimum atomic E-state index is -0.275. The van der Waals surface area contributed by atoms with Gasteiger partial charge in [0.05, 0.1) is 16.7 Å². The normalized spacial score (nSPS) is 14.5. The Labute approximate surface area is 326 Å². The third-order valence-corrected chi connectivity index (χ3v) is 11.3. The van der Waals surface area contributed by atoms with Gasteiger partial charge in [-0.15, -0.1) is 0 Å². The number of fused-ring (bicyclic) bond motifs is 9. The lowest BCUT2D eigenvalue weighted by Crippen LogP contribution is -2.33. The smallest absolute Gasteiger partial charge is 0.159 e. The third kappa shape index (κ3) is 5.04. The second-order valence-corrected chi connectivity index (χ2v) is 14.6. The van der Waals surface area contributed by atoms with Crippen LogP contribution in [0.5, 0.6) is 0 Å². The molecular formula is C51H32N4O2. The molecule has 3 aromatic heterocycles. The number of benzene rings is 8. The van der Waals surface area contributed by atoms with Gasteiger partial charge in [0.1, 0.15) is 28.8 Å². The van der Waals surface area contributed by atoms with Crippen LogP contribution in [-0.2, 0) is 0 Å². The van der Waals surface area contributed by atoms with E-state index in [9.17, 15) is 0 Å². The van der Waals surface area contributed by atoms with Crippen LogP contribution in [0.1, 0.15) is 22.9 Å². The van der Waals surface area contributed by atoms with Gasteiger partial charge < -0.3 is 18.7 Å². The van der Waals surface area contributed by atoms with Crippen molar-refractivity contribution in [2.24, 2.45) is 9.98 Å². The summed E-state index contributed by atoms with van der Waals surface area (Å²) in [6.07, 6.45) is -0.275. The fourth-order valence-corrected chi connectivity index (χ4v) is 8.54. The molecular weight excluding hydrogens is 701 g/mol. The standard InChI is InChI=1S/C51H32N4O2/c1-3-12-31(13-4-1)49-52-50(32-14-5-2-6-15-32)54-51(53-49)35-24-27-46-41(29-35)40-28-33(23-26-45(40)56-46)34-22-25-38-39-18-11-21-44(48(39)57-47(38)30-34)55-42-19-9-7-16-36(42)37-17-8-10-20-43(37)55/h1-30,49H,(H,52,53,54). The van der Waals surface area contributed by atoms with Gasteiger partial charge in [-0.2, -0.15) is 0 Å². The van der Waals surface area contributed by atoms with Gasteiger partial charge in [0.25, 0.3) is 0 Å². The predicted octanol–water partition coefficient (Wildman–Crippen LogP) is 12.7. The number of aliphatic imine (C=N–C) groups is 2. The number of hydrogen-bond donors (Lipinski definition) is 1. The predicted molar refractivity (Wildman–Crippen MR) is 233 cm³/mol. The minimum absolute atomic E-state index is 0.275. The maximum atomic E-state index is 6.80. The number of amidine groups is 2. The number of aromatic nitrogens is 1. The van der Waals surface area contributed by atoms with Crippen molar-refractivity contribution in [2.75, 3.05) is 0 Å². The molecule has 4 heterocycles. The van der Waals surface area contributed by atoms with Gasteiger partial charge in [-0.25, -0.2) is 9.98 Å². The average Bonchev–Trinajstić information content (AvgIpc) is 3.95. The van der Waals surface area contributed by atoms with E-state index in [-0.39, 0.29) is 6.17 Å². The summed E-state index contributed by atoms with van der Waals surface area (Å²) in [6, 6.07) is 63.2. The molecule has 1 N–H and O–H groups in total. The number of rotatable bonds is 5. The van der Waals surface area contributed by atoms with Gasteiger partial charge in [-0.3, -0.25) is 0 Å². The van der Waals surface area contributed by atoms with Gasteiger partial charge in [0, 0.05) is 43.4 Å². The van der Waals surface area contributed by atoms with Crippen molar-refractivity contribution in [3.63, 3.8) is 0 Å². The molecule has 0 fully saturated rings. The van der Waals surface area contributed by atoms with Gasteiger partial charge in [0.2, 0.25) is 0 Å². The maximum absolute atomic E-state index is 6.80. The first-order chi connectivity index (χ1) is 28.2. The van der Waals surface area contributed by atoms with Gasteiger partial charge in [0.15, 0.2) is 11.4 Å². The van der Waals surface area contributed by atoms with E-state index in [4.69, 9.17) is 18.8 Å². The molecule has 0 saturated carbocycles. The van der Waals surface area contributed by atoms with Crippen molar-refractivity contribution >= 4 is 77.4 Å². The number of nitrogens with one attached hydrogen (secondary N) is 1. The SMILES string of the molecule is c1ccc(C2=NC(c3ccc4oc5ccc(-c6ccc7c(c6)oc6c(-n8c9ccccc9c9ccccc98)cccc67)cc5c4c3)=NC(c3ccccc3)N2)cc1. The molecule has 12 rings (SSSR count). The summed E-state index contributed by atoms with van der Waals surface area (Å²) in [5.41, 5.74) is 11.8. The summed E-state index contributed by atoms with van der Waals surface area (Å²) in [5.74, 6) is 1.46. The van der Waals surface area contributed by atoms with Crippen LogP contribution < -0.4 is 5.32 Å². The maximum Gasteiger partial charge on any atom is 0.159 e. The van der Waals surface area contributed by atoms with E-state index >= 15 is 0 Å². The van der Waals surface area contributed by atoms with Crippen molar-refractivity contribution in [1.82, 2.24) is 9.88 Å². The highest BCUT2D eigenvalue weighted by Crippen LogP contribution is 2.40. The molecule has 1 unspecified atom stereocenters. The zero-order chi connectivity index (χ0) is 37.5. The zero-order valence-corrected chi connectivity index (χ0v) is 30.6. The van der Waals surface area contributed by atoms with Crippen LogP contribution in [0.3, 0.4) is 0 Å². The minimum Gasteiger partial charge on any atom is -0.456 e. The molecule has 8 aromatic carbocycles. The van der Waals surface area contributed by atoms with Crippen molar-refractivity contribution < 1.29 is 8.83 Å². The van der Waals surface area contributed by atoms with E-state index < -0.39 is 0 Å². The van der Waals surface area contributed by atoms with Crippen LogP contribution in [0, 0.1) is 0 Å². The molecule has 6 heteroatoms. The van der Waals surface area contributed by atoms with Crippen LogP contribution in [0.4, 0.5) is 0 Å². The number of hydrogen-bond acceptors (Lipinski definition) is 5. The molecule has 268 valence electrons. The van der Waals surface area contributed by atoms with Gasteiger partial charge in [-0.05, 0) is 77.4 Å². The molecule has 6 nitrogen and oxygen atoms in total. The lowest BCUT2D eigenvalue weighted by Gasteiger charge is -2.23. The van der Waals surface area contributed by atoms with Crippen LogP contribution in [0.2, 0.25) is 0 Å². The second kappa shape index (κ2) is 12.4. The fourth-order valence-electron chi connectivity index (χ4n) is 8.54. The molecule has 0 bridgehead atoms. The Bertz CT molecular complexity index is 3390. The van der Waals surface area contributed by atoms with E-state index in [1.165, 1.54) is 10.8 Å². The lowest BCUT2D eigenvalue weighted by atomic mass is 10.0. The van der Waals surface area contributed by atoms with Crippen LogP contribution >= 0.6 is 0 Å². The van der Waals surface area contributed by atoms with Crippen LogP contribution in [0.15, 0.2) is 201 Å². The first-order valence-corrected chi connectivity index (χ1v) is 19.2. The van der Waals surface area contributed by atoms with Gasteiger partial charge in [-0.1, -0.05) is 121 Å². The third-order valence-electron chi connectivity index (χ3n) is 11.3. The molecule has 1 atom stereocenters. The Morgan fingerprint density at radius 2 is 1.05 bits per heavy atom. The monoisotopic (exact) mass is 732 g/mol. The summed E-state index contributed by atoms with van der Waals surface area (Å²) in [4.78, 5) is 10.2. The molecule has 0 saturated heterocycles. The number of para-hydroxylation sites is 3. The van der Waals surface area contributed by atoms with Crippen molar-refractivity contribution in [2.45, 2.75) is 6.17 Å². The van der Waals surface area contributed by atoms with E-state index in [1.54, 1.807) is 0 Å². The summed E-state index contributed by atoms with van der Waals surface area (Å²) < 4.78 is 15.5. The Hall–Kier alpha value is -7.70. The Morgan fingerprint density at radius 1 is 0.439 bits per heavy atom. The highest BCUT2D eigenvalue weighted by Gasteiger charge is 2.22. The molecule has 0 aliphatic carbocycles. The Balaban J connectivity index is 0.963. The topological polar surface area (TPSA) is 68.0 Å². The zero-order valence-electron chi connectivity index (χ0n) is 30.6. The molecule has 0 amide bonds. The summed E-state index contributed by atoms with van der Waals surface area (Å²) in [6.45, 7) is 0. The van der Waals surface area contributed by atoms with E-state index in [0.29, 0.717) is 5.84 Å². The highest BCUT2D eigenvalue weighted by molar-refractivity contribution is 6.16. The molecule has 11 aromatic rings. The first-order valence-electron chi connectivity index (χ1n) is 19.2. The van der Waals surface area contributed by atoms with E-state index in [0.717, 1.165) is 94.3 Å². The van der Waals surface area contributed by atoms with Crippen LogP contribution in [0.25, 0.3) is 82.5 Å². The number of nitrogens with zero attached hydrogens (tertiary/aromatic N) is 3. The molecule has 0 radical (unpaired) electrons. The van der Waals surface area contributed by atoms with Crippen molar-refractivity contribution in [3.8, 4) is 16.8 Å². The number of furan rings is 2. The molecule has 1 aliphatic heterocycles.